The highest BCUT2D eigenvalue weighted by Gasteiger charge is 2.34. The van der Waals surface area contributed by atoms with Crippen LogP contribution in [0.3, 0.4) is 0 Å². The number of ether oxygens (including phenoxy) is 2. The quantitative estimate of drug-likeness (QED) is 0.360. The van der Waals surface area contributed by atoms with Gasteiger partial charge in [0.25, 0.3) is 5.91 Å². The Morgan fingerprint density at radius 3 is 2.64 bits per heavy atom. The van der Waals surface area contributed by atoms with Gasteiger partial charge < -0.3 is 25.4 Å². The first-order valence-corrected chi connectivity index (χ1v) is 12.3. The number of para-hydroxylation sites is 1. The lowest BCUT2D eigenvalue weighted by Crippen LogP contribution is -2.43. The molecular weight excluding hydrogens is 478 g/mol. The number of nitrogens with zero attached hydrogens (tertiary/aromatic N) is 2. The number of carbonyl (C=O) groups excluding carboxylic acids is 2. The normalized spacial score (nSPS) is 18.8. The van der Waals surface area contributed by atoms with Crippen molar-refractivity contribution in [1.82, 2.24) is 15.6 Å². The van der Waals surface area contributed by atoms with E-state index >= 15 is 0 Å². The maximum Gasteiger partial charge on any atom is 0.331 e. The predicted octanol–water partition coefficient (Wildman–Crippen LogP) is 4.49. The van der Waals surface area contributed by atoms with Gasteiger partial charge in [-0.05, 0) is 42.5 Å². The number of methoxy groups -OCH3 is 1. The van der Waals surface area contributed by atoms with Crippen LogP contribution in [-0.2, 0) is 4.74 Å². The Bertz CT molecular complexity index is 1440. The molecule has 0 bridgehead atoms. The smallest absolute Gasteiger partial charge is 0.331 e. The van der Waals surface area contributed by atoms with Crippen molar-refractivity contribution < 1.29 is 19.1 Å². The van der Waals surface area contributed by atoms with Gasteiger partial charge in [-0.25, -0.2) is 9.78 Å². The molecule has 2 aromatic carbocycles. The number of hydrogen-bond acceptors (Lipinski definition) is 7. The van der Waals surface area contributed by atoms with Gasteiger partial charge in [0.05, 0.1) is 34.6 Å². The Hall–Kier alpha value is -3.99. The first-order chi connectivity index (χ1) is 17.6. The van der Waals surface area contributed by atoms with Gasteiger partial charge in [0.1, 0.15) is 21.2 Å². The number of urea groups is 1. The fourth-order valence-electron chi connectivity index (χ4n) is 4.57. The number of amides is 3. The summed E-state index contributed by atoms with van der Waals surface area (Å²) in [5, 5.41) is 9.92. The van der Waals surface area contributed by atoms with Crippen LogP contribution in [0.1, 0.15) is 9.67 Å². The predicted molar refractivity (Wildman–Crippen MR) is 139 cm³/mol. The molecule has 3 N–H and O–H groups in total. The van der Waals surface area contributed by atoms with Crippen LogP contribution in [0.2, 0.25) is 0 Å². The van der Waals surface area contributed by atoms with E-state index in [1.165, 1.54) is 11.3 Å². The van der Waals surface area contributed by atoms with E-state index in [1.54, 1.807) is 24.3 Å². The second-order valence-corrected chi connectivity index (χ2v) is 9.50. The van der Waals surface area contributed by atoms with E-state index in [0.717, 1.165) is 11.1 Å². The molecule has 2 aliphatic heterocycles. The molecule has 2 aliphatic rings. The van der Waals surface area contributed by atoms with Crippen LogP contribution < -0.4 is 25.6 Å². The molecule has 4 aromatic rings. The summed E-state index contributed by atoms with van der Waals surface area (Å²) in [7, 11) is 1.63. The number of thiophene rings is 1. The fraction of sp³-hybridized carbons (Fsp3) is 0.192. The largest absolute Gasteiger partial charge is 0.457 e. The van der Waals surface area contributed by atoms with Gasteiger partial charge >= 0.3 is 6.03 Å². The third kappa shape index (κ3) is 3.95. The van der Waals surface area contributed by atoms with Gasteiger partial charge in [0.2, 0.25) is 0 Å². The third-order valence-corrected chi connectivity index (χ3v) is 7.40. The monoisotopic (exact) mass is 501 g/mol. The number of carbonyl (C=O) groups is 2. The highest BCUT2D eigenvalue weighted by Crippen LogP contribution is 2.45. The summed E-state index contributed by atoms with van der Waals surface area (Å²) in [6, 6.07) is 18.1. The molecular formula is C26H23N5O4S. The van der Waals surface area contributed by atoms with Crippen molar-refractivity contribution in [2.24, 2.45) is 0 Å². The molecule has 4 heterocycles. The zero-order chi connectivity index (χ0) is 24.6. The fourth-order valence-corrected chi connectivity index (χ4v) is 5.59. The van der Waals surface area contributed by atoms with Crippen molar-refractivity contribution >= 4 is 50.6 Å². The topological polar surface area (TPSA) is 105 Å². The number of benzene rings is 2. The van der Waals surface area contributed by atoms with Gasteiger partial charge in [0, 0.05) is 26.4 Å². The van der Waals surface area contributed by atoms with E-state index in [4.69, 9.17) is 9.47 Å². The summed E-state index contributed by atoms with van der Waals surface area (Å²) in [6.07, 6.45) is 1.55. The molecule has 2 atom stereocenters. The van der Waals surface area contributed by atoms with E-state index in [1.807, 2.05) is 54.6 Å². The summed E-state index contributed by atoms with van der Waals surface area (Å²) in [6.45, 7) is 1.30. The highest BCUT2D eigenvalue weighted by atomic mass is 32.1. The molecule has 6 rings (SSSR count). The molecule has 2 aromatic heterocycles. The number of pyridine rings is 1. The van der Waals surface area contributed by atoms with Crippen LogP contribution in [0.15, 0.2) is 66.9 Å². The van der Waals surface area contributed by atoms with Gasteiger partial charge in [-0.1, -0.05) is 18.2 Å². The second kappa shape index (κ2) is 9.23. The van der Waals surface area contributed by atoms with Crippen molar-refractivity contribution in [3.63, 3.8) is 0 Å². The maximum absolute atomic E-state index is 13.3. The molecule has 1 fully saturated rings. The molecule has 10 heteroatoms. The minimum atomic E-state index is -0.350. The minimum absolute atomic E-state index is 0.104. The molecule has 0 radical (unpaired) electrons. The first kappa shape index (κ1) is 22.5. The van der Waals surface area contributed by atoms with E-state index in [0.29, 0.717) is 45.6 Å². The third-order valence-electron chi connectivity index (χ3n) is 6.30. The molecule has 0 saturated carbocycles. The van der Waals surface area contributed by atoms with Crippen molar-refractivity contribution in [2.75, 3.05) is 30.4 Å². The molecule has 3 amide bonds. The second-order valence-electron chi connectivity index (χ2n) is 8.50. The zero-order valence-electron chi connectivity index (χ0n) is 19.4. The minimum Gasteiger partial charge on any atom is -0.457 e. The van der Waals surface area contributed by atoms with Gasteiger partial charge in [-0.15, -0.1) is 11.3 Å². The van der Waals surface area contributed by atoms with Crippen LogP contribution >= 0.6 is 11.3 Å². The van der Waals surface area contributed by atoms with E-state index in [2.05, 4.69) is 20.9 Å². The molecule has 1 unspecified atom stereocenters. The molecule has 9 nitrogen and oxygen atoms in total. The lowest BCUT2D eigenvalue weighted by molar-refractivity contribution is 0.0783. The van der Waals surface area contributed by atoms with Crippen molar-refractivity contribution in [3.8, 4) is 11.5 Å². The summed E-state index contributed by atoms with van der Waals surface area (Å²) >= 11 is 1.26. The van der Waals surface area contributed by atoms with E-state index in [9.17, 15) is 9.59 Å². The summed E-state index contributed by atoms with van der Waals surface area (Å²) < 4.78 is 11.3. The lowest BCUT2D eigenvalue weighted by atomic mass is 10.1. The lowest BCUT2D eigenvalue weighted by Gasteiger charge is -2.28. The van der Waals surface area contributed by atoms with Gasteiger partial charge in [-0.2, -0.15) is 0 Å². The zero-order valence-corrected chi connectivity index (χ0v) is 20.2. The van der Waals surface area contributed by atoms with Crippen molar-refractivity contribution in [1.29, 1.82) is 0 Å². The Morgan fingerprint density at radius 1 is 1.08 bits per heavy atom. The van der Waals surface area contributed by atoms with Gasteiger partial charge in [-0.3, -0.25) is 9.69 Å². The molecule has 0 aliphatic carbocycles. The average molecular weight is 502 g/mol. The molecule has 1 saturated heterocycles. The maximum atomic E-state index is 13.3. The first-order valence-electron chi connectivity index (χ1n) is 11.5. The van der Waals surface area contributed by atoms with Crippen molar-refractivity contribution in [3.05, 3.63) is 71.7 Å². The molecule has 0 spiro atoms. The summed E-state index contributed by atoms with van der Waals surface area (Å²) in [5.41, 5.74) is 1.83. The molecule has 182 valence electrons. The Kier molecular flexibility index (Phi) is 5.76. The van der Waals surface area contributed by atoms with Crippen LogP contribution in [-0.4, -0.2) is 49.3 Å². The van der Waals surface area contributed by atoms with Crippen LogP contribution in [0.25, 0.3) is 10.2 Å². The van der Waals surface area contributed by atoms with Crippen LogP contribution in [0.5, 0.6) is 11.5 Å². The van der Waals surface area contributed by atoms with E-state index < -0.39 is 0 Å². The van der Waals surface area contributed by atoms with Crippen LogP contribution in [0.4, 0.5) is 21.9 Å². The van der Waals surface area contributed by atoms with Gasteiger partial charge in [0.15, 0.2) is 0 Å². The van der Waals surface area contributed by atoms with Crippen LogP contribution in [0, 0.1) is 0 Å². The number of aromatic nitrogens is 1. The Balaban J connectivity index is 1.31. The summed E-state index contributed by atoms with van der Waals surface area (Å²) in [4.78, 5) is 33.6. The Morgan fingerprint density at radius 2 is 1.86 bits per heavy atom. The van der Waals surface area contributed by atoms with E-state index in [-0.39, 0.29) is 24.1 Å². The number of anilines is 3. The average Bonchev–Trinajstić information content (AvgIpc) is 3.50. The standard InChI is InChI=1S/C26H23N5O4S/c1-34-20-14-27-13-18(20)29-24(32)23-22-21-19(11-12-28-25(21)36-23)31(26(33)30-22)15-7-9-17(10-8-15)35-16-5-3-2-4-6-16/h2-12,18,20,27H,13-14H2,1H3,(H,29,32)(H,30,33)/t18?,20-/m0/s1. The van der Waals surface area contributed by atoms with Crippen molar-refractivity contribution in [2.45, 2.75) is 12.1 Å². The highest BCUT2D eigenvalue weighted by molar-refractivity contribution is 7.21. The number of hydrogen-bond donors (Lipinski definition) is 3. The SMILES string of the molecule is CO[C@H]1CNCC1NC(=O)c1sc2nccc3c2c1NC(=O)N3c1ccc(Oc2ccccc2)cc1. The molecule has 36 heavy (non-hydrogen) atoms. The summed E-state index contributed by atoms with van der Waals surface area (Å²) in [5.74, 6) is 1.13. The Labute approximate surface area is 211 Å². The number of nitrogens with one attached hydrogen (secondary N) is 3. The number of rotatable bonds is 6.